The Morgan fingerprint density at radius 2 is 1.81 bits per heavy atom. The highest BCUT2D eigenvalue weighted by Gasteiger charge is 2.16. The number of methoxy groups -OCH3 is 1. The number of rotatable bonds is 8. The summed E-state index contributed by atoms with van der Waals surface area (Å²) in [6, 6.07) is 15.8. The molecule has 0 aliphatic rings. The number of benzene rings is 2. The first-order valence-corrected chi connectivity index (χ1v) is 11.1. The van der Waals surface area contributed by atoms with Gasteiger partial charge in [0, 0.05) is 12.7 Å². The monoisotopic (exact) mass is 448 g/mol. The molecule has 164 valence electrons. The van der Waals surface area contributed by atoms with Crippen LogP contribution in [-0.4, -0.2) is 36.8 Å². The zero-order chi connectivity index (χ0) is 22.5. The van der Waals surface area contributed by atoms with E-state index < -0.39 is 0 Å². The van der Waals surface area contributed by atoms with Gasteiger partial charge in [-0.15, -0.1) is 10.2 Å². The molecule has 0 unspecified atom stereocenters. The SMILES string of the molecule is CCc1ccccc1Nc1nc(N)nc(CSc2nnc(-c3ccccc3OC)n2C)n1. The maximum Gasteiger partial charge on any atom is 0.232 e. The molecule has 2 aromatic carbocycles. The molecule has 2 aromatic heterocycles. The van der Waals surface area contributed by atoms with Gasteiger partial charge in [-0.1, -0.05) is 49.0 Å². The second-order valence-corrected chi connectivity index (χ2v) is 7.87. The standard InChI is InChI=1S/C22H24N8OS/c1-4-14-9-5-7-11-16(14)24-21-26-18(25-20(23)27-21)13-32-22-29-28-19(30(22)2)15-10-6-8-12-17(15)31-3/h5-12H,4,13H2,1-3H3,(H3,23,24,25,26,27). The molecule has 2 heterocycles. The Kier molecular flexibility index (Phi) is 6.50. The van der Waals surface area contributed by atoms with E-state index in [1.54, 1.807) is 7.11 Å². The van der Waals surface area contributed by atoms with Crippen LogP contribution in [0, 0.1) is 0 Å². The van der Waals surface area contributed by atoms with E-state index in [0.29, 0.717) is 17.5 Å². The largest absolute Gasteiger partial charge is 0.496 e. The lowest BCUT2D eigenvalue weighted by Crippen LogP contribution is -2.07. The van der Waals surface area contributed by atoms with Crippen LogP contribution in [0.1, 0.15) is 18.3 Å². The minimum Gasteiger partial charge on any atom is -0.496 e. The fourth-order valence-electron chi connectivity index (χ4n) is 3.26. The number of anilines is 3. The van der Waals surface area contributed by atoms with Gasteiger partial charge in [-0.25, -0.2) is 0 Å². The van der Waals surface area contributed by atoms with Gasteiger partial charge >= 0.3 is 0 Å². The average molecular weight is 449 g/mol. The van der Waals surface area contributed by atoms with Crippen molar-refractivity contribution in [2.45, 2.75) is 24.3 Å². The Morgan fingerprint density at radius 3 is 2.62 bits per heavy atom. The molecule has 0 saturated heterocycles. The first-order valence-electron chi connectivity index (χ1n) is 10.1. The molecule has 0 amide bonds. The summed E-state index contributed by atoms with van der Waals surface area (Å²) in [6.07, 6.45) is 0.896. The molecular weight excluding hydrogens is 424 g/mol. The first-order chi connectivity index (χ1) is 15.6. The fourth-order valence-corrected chi connectivity index (χ4v) is 4.03. The van der Waals surface area contributed by atoms with Crippen molar-refractivity contribution < 1.29 is 4.74 Å². The van der Waals surface area contributed by atoms with Crippen LogP contribution in [0.15, 0.2) is 53.7 Å². The van der Waals surface area contributed by atoms with Crippen molar-refractivity contribution in [1.82, 2.24) is 29.7 Å². The van der Waals surface area contributed by atoms with E-state index in [0.717, 1.165) is 34.4 Å². The normalized spacial score (nSPS) is 10.8. The highest BCUT2D eigenvalue weighted by Crippen LogP contribution is 2.30. The number of nitrogens with zero attached hydrogens (tertiary/aromatic N) is 6. The van der Waals surface area contributed by atoms with E-state index in [-0.39, 0.29) is 5.95 Å². The van der Waals surface area contributed by atoms with E-state index >= 15 is 0 Å². The summed E-state index contributed by atoms with van der Waals surface area (Å²) in [7, 11) is 3.56. The van der Waals surface area contributed by atoms with Crippen molar-refractivity contribution in [2.24, 2.45) is 7.05 Å². The van der Waals surface area contributed by atoms with E-state index in [9.17, 15) is 0 Å². The van der Waals surface area contributed by atoms with Crippen molar-refractivity contribution >= 4 is 29.3 Å². The summed E-state index contributed by atoms with van der Waals surface area (Å²) in [6.45, 7) is 2.10. The summed E-state index contributed by atoms with van der Waals surface area (Å²) >= 11 is 1.47. The van der Waals surface area contributed by atoms with E-state index in [4.69, 9.17) is 10.5 Å². The Balaban J connectivity index is 1.52. The van der Waals surface area contributed by atoms with Crippen LogP contribution in [0.3, 0.4) is 0 Å². The number of nitrogens with two attached hydrogens (primary N) is 1. The number of hydrogen-bond acceptors (Lipinski definition) is 9. The van der Waals surface area contributed by atoms with Gasteiger partial charge in [0.15, 0.2) is 11.0 Å². The number of aromatic nitrogens is 6. The number of ether oxygens (including phenoxy) is 1. The van der Waals surface area contributed by atoms with Gasteiger partial charge < -0.3 is 20.4 Å². The van der Waals surface area contributed by atoms with Crippen molar-refractivity contribution in [3.63, 3.8) is 0 Å². The molecule has 4 aromatic rings. The maximum atomic E-state index is 5.94. The molecule has 0 aliphatic carbocycles. The Bertz CT molecular complexity index is 1230. The molecule has 3 N–H and O–H groups in total. The van der Waals surface area contributed by atoms with E-state index in [2.05, 4.69) is 43.5 Å². The van der Waals surface area contributed by atoms with Crippen molar-refractivity contribution in [3.05, 3.63) is 59.9 Å². The Morgan fingerprint density at radius 1 is 1.03 bits per heavy atom. The first kappa shape index (κ1) is 21.6. The number of thioether (sulfide) groups is 1. The van der Waals surface area contributed by atoms with Gasteiger partial charge in [-0.2, -0.15) is 15.0 Å². The summed E-state index contributed by atoms with van der Waals surface area (Å²) in [5.41, 5.74) is 8.94. The minimum atomic E-state index is 0.166. The second-order valence-electron chi connectivity index (χ2n) is 6.92. The molecule has 0 atom stereocenters. The van der Waals surface area contributed by atoms with Gasteiger partial charge in [0.2, 0.25) is 11.9 Å². The number of hydrogen-bond donors (Lipinski definition) is 2. The molecule has 0 bridgehead atoms. The van der Waals surface area contributed by atoms with Crippen molar-refractivity contribution in [2.75, 3.05) is 18.2 Å². The smallest absolute Gasteiger partial charge is 0.232 e. The maximum absolute atomic E-state index is 5.94. The third-order valence-corrected chi connectivity index (χ3v) is 5.87. The Labute approximate surface area is 190 Å². The molecule has 32 heavy (non-hydrogen) atoms. The number of nitrogen functional groups attached to an aromatic ring is 1. The molecular formula is C22H24N8OS. The number of aryl methyl sites for hydroxylation is 1. The van der Waals surface area contributed by atoms with Gasteiger partial charge in [0.25, 0.3) is 0 Å². The molecule has 0 saturated carbocycles. The molecule has 0 radical (unpaired) electrons. The van der Waals surface area contributed by atoms with Gasteiger partial charge in [0.1, 0.15) is 11.6 Å². The van der Waals surface area contributed by atoms with Gasteiger partial charge in [-0.05, 0) is 30.2 Å². The van der Waals surface area contributed by atoms with Crippen LogP contribution in [0.25, 0.3) is 11.4 Å². The predicted octanol–water partition coefficient (Wildman–Crippen LogP) is 3.86. The average Bonchev–Trinajstić information content (AvgIpc) is 3.17. The predicted molar refractivity (Wildman–Crippen MR) is 126 cm³/mol. The molecule has 0 aliphatic heterocycles. The lowest BCUT2D eigenvalue weighted by atomic mass is 10.1. The van der Waals surface area contributed by atoms with E-state index in [1.165, 1.54) is 17.3 Å². The summed E-state index contributed by atoms with van der Waals surface area (Å²) in [5.74, 6) is 3.07. The fraction of sp³-hybridized carbons (Fsp3) is 0.227. The van der Waals surface area contributed by atoms with Crippen LogP contribution in [0.4, 0.5) is 17.6 Å². The summed E-state index contributed by atoms with van der Waals surface area (Å²) in [5, 5.41) is 12.6. The van der Waals surface area contributed by atoms with Crippen LogP contribution >= 0.6 is 11.8 Å². The molecule has 4 rings (SSSR count). The molecule has 0 fully saturated rings. The topological polar surface area (TPSA) is 117 Å². The zero-order valence-electron chi connectivity index (χ0n) is 18.1. The van der Waals surface area contributed by atoms with Crippen LogP contribution in [0.2, 0.25) is 0 Å². The summed E-state index contributed by atoms with van der Waals surface area (Å²) in [4.78, 5) is 13.0. The van der Waals surface area contributed by atoms with Crippen molar-refractivity contribution in [3.8, 4) is 17.1 Å². The minimum absolute atomic E-state index is 0.166. The number of nitrogens with one attached hydrogen (secondary N) is 1. The molecule has 9 nitrogen and oxygen atoms in total. The summed E-state index contributed by atoms with van der Waals surface area (Å²) < 4.78 is 7.37. The number of para-hydroxylation sites is 2. The lowest BCUT2D eigenvalue weighted by Gasteiger charge is -2.10. The quantitative estimate of drug-likeness (QED) is 0.388. The molecule has 0 spiro atoms. The third kappa shape index (κ3) is 4.65. The highest BCUT2D eigenvalue weighted by molar-refractivity contribution is 7.98. The Hall–Kier alpha value is -3.66. The van der Waals surface area contributed by atoms with Crippen molar-refractivity contribution in [1.29, 1.82) is 0 Å². The second kappa shape index (κ2) is 9.65. The third-order valence-electron chi connectivity index (χ3n) is 4.86. The van der Waals surface area contributed by atoms with Gasteiger partial charge in [0.05, 0.1) is 18.4 Å². The molecule has 10 heteroatoms. The van der Waals surface area contributed by atoms with Gasteiger partial charge in [-0.3, -0.25) is 0 Å². The van der Waals surface area contributed by atoms with Crippen LogP contribution in [-0.2, 0) is 19.2 Å². The van der Waals surface area contributed by atoms with Crippen LogP contribution < -0.4 is 15.8 Å². The zero-order valence-corrected chi connectivity index (χ0v) is 18.9. The lowest BCUT2D eigenvalue weighted by molar-refractivity contribution is 0.416. The highest BCUT2D eigenvalue weighted by atomic mass is 32.2. The van der Waals surface area contributed by atoms with Crippen LogP contribution in [0.5, 0.6) is 5.75 Å². The van der Waals surface area contributed by atoms with E-state index in [1.807, 2.05) is 54.1 Å².